The molecule has 3 heterocycles. The smallest absolute Gasteiger partial charge is 0.269 e. The molecule has 112 valence electrons. The van der Waals surface area contributed by atoms with Gasteiger partial charge in [-0.3, -0.25) is 4.79 Å². The highest BCUT2D eigenvalue weighted by Crippen LogP contribution is 2.23. The van der Waals surface area contributed by atoms with Crippen LogP contribution in [0.3, 0.4) is 0 Å². The number of aryl methyl sites for hydroxylation is 2. The molecule has 1 aliphatic rings. The standard InChI is InChI=1S/C13H18N6OS/c1-9-16-17-13(21-9)19-5-3-10(4-6-19)15-12(20)11-7-14-8-18(11)2/h7-8,10H,3-6H2,1-2H3,(H,15,20). The van der Waals surface area contributed by atoms with Crippen molar-refractivity contribution in [2.24, 2.45) is 7.05 Å². The van der Waals surface area contributed by atoms with E-state index in [-0.39, 0.29) is 11.9 Å². The maximum Gasteiger partial charge on any atom is 0.269 e. The topological polar surface area (TPSA) is 75.9 Å². The highest BCUT2D eigenvalue weighted by molar-refractivity contribution is 7.15. The van der Waals surface area contributed by atoms with Crippen LogP contribution >= 0.6 is 11.3 Å². The number of nitrogens with one attached hydrogen (secondary N) is 1. The molecule has 2 aromatic heterocycles. The van der Waals surface area contributed by atoms with Crippen molar-refractivity contribution < 1.29 is 4.79 Å². The van der Waals surface area contributed by atoms with Gasteiger partial charge in [-0.05, 0) is 19.8 Å². The van der Waals surface area contributed by atoms with E-state index in [1.54, 1.807) is 28.4 Å². The number of carbonyl (C=O) groups excluding carboxylic acids is 1. The zero-order valence-electron chi connectivity index (χ0n) is 12.1. The van der Waals surface area contributed by atoms with Gasteiger partial charge in [0.05, 0.1) is 12.5 Å². The summed E-state index contributed by atoms with van der Waals surface area (Å²) in [6.45, 7) is 3.75. The van der Waals surface area contributed by atoms with E-state index in [2.05, 4.69) is 25.4 Å². The Morgan fingerprint density at radius 1 is 1.38 bits per heavy atom. The van der Waals surface area contributed by atoms with Crippen molar-refractivity contribution in [1.29, 1.82) is 0 Å². The van der Waals surface area contributed by atoms with Crippen molar-refractivity contribution in [3.63, 3.8) is 0 Å². The Kier molecular flexibility index (Phi) is 3.87. The van der Waals surface area contributed by atoms with Crippen LogP contribution < -0.4 is 10.2 Å². The van der Waals surface area contributed by atoms with Gasteiger partial charge in [-0.15, -0.1) is 10.2 Å². The summed E-state index contributed by atoms with van der Waals surface area (Å²) in [6.07, 6.45) is 5.06. The van der Waals surface area contributed by atoms with Crippen molar-refractivity contribution in [3.05, 3.63) is 23.2 Å². The zero-order valence-corrected chi connectivity index (χ0v) is 12.9. The number of hydrogen-bond acceptors (Lipinski definition) is 6. The van der Waals surface area contributed by atoms with E-state index in [1.807, 2.05) is 14.0 Å². The first-order valence-corrected chi connectivity index (χ1v) is 7.77. The van der Waals surface area contributed by atoms with Gasteiger partial charge in [0.1, 0.15) is 10.7 Å². The predicted molar refractivity (Wildman–Crippen MR) is 80.6 cm³/mol. The number of piperidine rings is 1. The zero-order chi connectivity index (χ0) is 14.8. The van der Waals surface area contributed by atoms with Gasteiger partial charge in [-0.25, -0.2) is 4.98 Å². The van der Waals surface area contributed by atoms with Gasteiger partial charge >= 0.3 is 0 Å². The summed E-state index contributed by atoms with van der Waals surface area (Å²) < 4.78 is 1.73. The second kappa shape index (κ2) is 5.80. The lowest BCUT2D eigenvalue weighted by Gasteiger charge is -2.31. The number of anilines is 1. The van der Waals surface area contributed by atoms with Crippen LogP contribution in [0, 0.1) is 6.92 Å². The number of carbonyl (C=O) groups is 1. The van der Waals surface area contributed by atoms with Gasteiger partial charge in [0.25, 0.3) is 5.91 Å². The molecule has 7 nitrogen and oxygen atoms in total. The summed E-state index contributed by atoms with van der Waals surface area (Å²) >= 11 is 1.61. The van der Waals surface area contributed by atoms with Gasteiger partial charge < -0.3 is 14.8 Å². The van der Waals surface area contributed by atoms with Crippen LogP contribution in [0.1, 0.15) is 28.3 Å². The summed E-state index contributed by atoms with van der Waals surface area (Å²) in [5.74, 6) is -0.0554. The van der Waals surface area contributed by atoms with E-state index in [4.69, 9.17) is 0 Å². The molecule has 0 unspecified atom stereocenters. The van der Waals surface area contributed by atoms with Crippen LogP contribution in [0.15, 0.2) is 12.5 Å². The lowest BCUT2D eigenvalue weighted by molar-refractivity contribution is 0.0923. The predicted octanol–water partition coefficient (Wildman–Crippen LogP) is 0.979. The summed E-state index contributed by atoms with van der Waals surface area (Å²) in [7, 11) is 1.82. The minimum absolute atomic E-state index is 0.0554. The lowest BCUT2D eigenvalue weighted by atomic mass is 10.1. The van der Waals surface area contributed by atoms with Crippen LogP contribution in [0.4, 0.5) is 5.13 Å². The minimum atomic E-state index is -0.0554. The first-order valence-electron chi connectivity index (χ1n) is 6.95. The molecule has 0 spiro atoms. The molecule has 1 fully saturated rings. The molecule has 1 amide bonds. The van der Waals surface area contributed by atoms with Gasteiger partial charge in [0, 0.05) is 26.2 Å². The maximum atomic E-state index is 12.1. The van der Waals surface area contributed by atoms with E-state index in [9.17, 15) is 4.79 Å². The third-order valence-electron chi connectivity index (χ3n) is 3.67. The van der Waals surface area contributed by atoms with Crippen molar-refractivity contribution in [1.82, 2.24) is 25.1 Å². The quantitative estimate of drug-likeness (QED) is 0.915. The summed E-state index contributed by atoms with van der Waals surface area (Å²) in [4.78, 5) is 18.3. The molecular formula is C13H18N6OS. The van der Waals surface area contributed by atoms with Gasteiger partial charge in [0.2, 0.25) is 5.13 Å². The summed E-state index contributed by atoms with van der Waals surface area (Å²) in [5, 5.41) is 13.3. The van der Waals surface area contributed by atoms with Crippen LogP contribution in [0.25, 0.3) is 0 Å². The lowest BCUT2D eigenvalue weighted by Crippen LogP contribution is -2.45. The van der Waals surface area contributed by atoms with Crippen molar-refractivity contribution in [2.75, 3.05) is 18.0 Å². The Bertz CT molecular complexity index is 628. The molecule has 0 aliphatic carbocycles. The number of imidazole rings is 1. The molecular weight excluding hydrogens is 288 g/mol. The number of nitrogens with zero attached hydrogens (tertiary/aromatic N) is 5. The molecule has 1 aliphatic heterocycles. The van der Waals surface area contributed by atoms with Gasteiger partial charge in [0.15, 0.2) is 0 Å². The third-order valence-corrected chi connectivity index (χ3v) is 4.56. The molecule has 8 heteroatoms. The molecule has 1 N–H and O–H groups in total. The third kappa shape index (κ3) is 3.05. The Balaban J connectivity index is 1.54. The molecule has 1 saturated heterocycles. The van der Waals surface area contributed by atoms with Crippen LogP contribution in [0.2, 0.25) is 0 Å². The summed E-state index contributed by atoms with van der Waals surface area (Å²) in [5.41, 5.74) is 0.595. The van der Waals surface area contributed by atoms with Gasteiger partial charge in [-0.1, -0.05) is 11.3 Å². The molecule has 0 saturated carbocycles. The maximum absolute atomic E-state index is 12.1. The first kappa shape index (κ1) is 14.0. The van der Waals surface area contributed by atoms with Crippen molar-refractivity contribution in [2.45, 2.75) is 25.8 Å². The Labute approximate surface area is 127 Å². The SMILES string of the molecule is Cc1nnc(N2CCC(NC(=O)c3cncn3C)CC2)s1. The van der Waals surface area contributed by atoms with Crippen LogP contribution in [0.5, 0.6) is 0 Å². The number of aromatic nitrogens is 4. The average Bonchev–Trinajstić information content (AvgIpc) is 3.08. The van der Waals surface area contributed by atoms with E-state index >= 15 is 0 Å². The molecule has 2 aromatic rings. The van der Waals surface area contributed by atoms with Crippen LogP contribution in [-0.2, 0) is 7.05 Å². The second-order valence-corrected chi connectivity index (χ2v) is 6.39. The normalized spacial score (nSPS) is 16.2. The first-order chi connectivity index (χ1) is 10.1. The molecule has 0 radical (unpaired) electrons. The average molecular weight is 306 g/mol. The fourth-order valence-electron chi connectivity index (χ4n) is 2.46. The van der Waals surface area contributed by atoms with Crippen LogP contribution in [-0.4, -0.2) is 44.8 Å². The monoisotopic (exact) mass is 306 g/mol. The minimum Gasteiger partial charge on any atom is -0.348 e. The Hall–Kier alpha value is -1.96. The molecule has 3 rings (SSSR count). The van der Waals surface area contributed by atoms with Crippen molar-refractivity contribution in [3.8, 4) is 0 Å². The number of rotatable bonds is 3. The van der Waals surface area contributed by atoms with E-state index < -0.39 is 0 Å². The number of amides is 1. The van der Waals surface area contributed by atoms with E-state index in [0.29, 0.717) is 5.69 Å². The highest BCUT2D eigenvalue weighted by Gasteiger charge is 2.23. The fraction of sp³-hybridized carbons (Fsp3) is 0.538. The Morgan fingerprint density at radius 2 is 2.14 bits per heavy atom. The van der Waals surface area contributed by atoms with Crippen molar-refractivity contribution >= 4 is 22.4 Å². The largest absolute Gasteiger partial charge is 0.348 e. The Morgan fingerprint density at radius 3 is 2.71 bits per heavy atom. The second-order valence-electron chi connectivity index (χ2n) is 5.23. The van der Waals surface area contributed by atoms with E-state index in [0.717, 1.165) is 36.1 Å². The number of hydrogen-bond donors (Lipinski definition) is 1. The molecule has 0 bridgehead atoms. The van der Waals surface area contributed by atoms with E-state index in [1.165, 1.54) is 0 Å². The molecule has 0 atom stereocenters. The molecule has 21 heavy (non-hydrogen) atoms. The van der Waals surface area contributed by atoms with Gasteiger partial charge in [-0.2, -0.15) is 0 Å². The molecule has 0 aromatic carbocycles. The summed E-state index contributed by atoms with van der Waals surface area (Å²) in [6, 6.07) is 0.206. The fourth-order valence-corrected chi connectivity index (χ4v) is 3.20. The highest BCUT2D eigenvalue weighted by atomic mass is 32.1.